The van der Waals surface area contributed by atoms with Crippen LogP contribution in [0.5, 0.6) is 0 Å². The minimum absolute atomic E-state index is 0. The van der Waals surface area contributed by atoms with Crippen LogP contribution < -0.4 is 29.6 Å². The van der Waals surface area contributed by atoms with Crippen LogP contribution in [0, 0.1) is 0 Å². The van der Waals surface area contributed by atoms with Crippen molar-refractivity contribution < 1.29 is 47.3 Å². The molecule has 0 saturated carbocycles. The van der Waals surface area contributed by atoms with Crippen LogP contribution in [-0.2, 0) is 10.1 Å². The van der Waals surface area contributed by atoms with Crippen LogP contribution in [0.2, 0.25) is 0 Å². The van der Waals surface area contributed by atoms with E-state index < -0.39 is 10.1 Å². The van der Waals surface area contributed by atoms with Gasteiger partial charge in [0.25, 0.3) is 0 Å². The number of rotatable bonds is 2. The first-order chi connectivity index (χ1) is 5.54. The normalized spacial score (nSPS) is 10.2. The van der Waals surface area contributed by atoms with Crippen molar-refractivity contribution in [3.8, 4) is 0 Å². The Balaban J connectivity index is 0.00000144. The first-order valence-corrected chi connectivity index (χ1v) is 4.46. The largest absolute Gasteiger partial charge is 1.00 e. The standard InChI is InChI=1S/C7H6O4S.Na/c8-5-6-1-3-7(4-2-6)12(9,10)11;/h1-5H,(H,9,10,11);/q;+1/p-1. The molecule has 0 fully saturated rings. The molecule has 0 bridgehead atoms. The van der Waals surface area contributed by atoms with Crippen LogP contribution in [-0.4, -0.2) is 19.3 Å². The maximum Gasteiger partial charge on any atom is 1.00 e. The van der Waals surface area contributed by atoms with E-state index in [4.69, 9.17) is 0 Å². The van der Waals surface area contributed by atoms with Gasteiger partial charge in [-0.05, 0) is 12.1 Å². The number of carbonyl (C=O) groups is 1. The van der Waals surface area contributed by atoms with E-state index >= 15 is 0 Å². The van der Waals surface area contributed by atoms with E-state index in [0.717, 1.165) is 12.1 Å². The summed E-state index contributed by atoms with van der Waals surface area (Å²) in [6.45, 7) is 0. The Hall–Kier alpha value is -0.200. The summed E-state index contributed by atoms with van der Waals surface area (Å²) in [5.41, 5.74) is 0.336. The molecule has 0 aliphatic carbocycles. The maximum absolute atomic E-state index is 10.4. The van der Waals surface area contributed by atoms with Crippen molar-refractivity contribution in [3.63, 3.8) is 0 Å². The van der Waals surface area contributed by atoms with Gasteiger partial charge >= 0.3 is 29.6 Å². The summed E-state index contributed by atoms with van der Waals surface area (Å²) in [6, 6.07) is 4.76. The van der Waals surface area contributed by atoms with Crippen LogP contribution in [0.1, 0.15) is 10.4 Å². The molecular formula is C7H5NaO4S. The van der Waals surface area contributed by atoms with Crippen LogP contribution in [0.25, 0.3) is 0 Å². The van der Waals surface area contributed by atoms with Crippen molar-refractivity contribution in [1.29, 1.82) is 0 Å². The molecule has 0 unspecified atom stereocenters. The molecule has 0 spiro atoms. The number of hydrogen-bond donors (Lipinski definition) is 0. The average molecular weight is 208 g/mol. The third-order valence-electron chi connectivity index (χ3n) is 1.30. The Kier molecular flexibility index (Phi) is 4.80. The van der Waals surface area contributed by atoms with Crippen LogP contribution in [0.15, 0.2) is 29.2 Å². The van der Waals surface area contributed by atoms with Gasteiger partial charge in [-0.1, -0.05) is 12.1 Å². The number of hydrogen-bond acceptors (Lipinski definition) is 4. The van der Waals surface area contributed by atoms with Crippen molar-refractivity contribution in [2.45, 2.75) is 4.90 Å². The van der Waals surface area contributed by atoms with Crippen molar-refractivity contribution in [2.24, 2.45) is 0 Å². The summed E-state index contributed by atoms with van der Waals surface area (Å²) < 4.78 is 31.2. The van der Waals surface area contributed by atoms with Gasteiger partial charge in [-0.2, -0.15) is 0 Å². The molecule has 6 heteroatoms. The minimum Gasteiger partial charge on any atom is -0.744 e. The molecule has 0 aromatic heterocycles. The fourth-order valence-electron chi connectivity index (χ4n) is 0.713. The smallest absolute Gasteiger partial charge is 0.744 e. The Bertz CT molecular complexity index is 381. The van der Waals surface area contributed by atoms with Gasteiger partial charge in [0.15, 0.2) is 0 Å². The van der Waals surface area contributed by atoms with E-state index in [1.165, 1.54) is 12.1 Å². The van der Waals surface area contributed by atoms with Gasteiger partial charge in [0.1, 0.15) is 16.4 Å². The molecule has 0 atom stereocenters. The second kappa shape index (κ2) is 4.88. The van der Waals surface area contributed by atoms with E-state index in [-0.39, 0.29) is 34.5 Å². The molecule has 0 N–H and O–H groups in total. The fraction of sp³-hybridized carbons (Fsp3) is 0. The summed E-state index contributed by atoms with van der Waals surface area (Å²) in [6.07, 6.45) is 0.571. The molecule has 1 aromatic carbocycles. The summed E-state index contributed by atoms with van der Waals surface area (Å²) in [7, 11) is -4.39. The van der Waals surface area contributed by atoms with Crippen LogP contribution in [0.3, 0.4) is 0 Å². The van der Waals surface area contributed by atoms with Crippen molar-refractivity contribution in [2.75, 3.05) is 0 Å². The summed E-state index contributed by atoms with van der Waals surface area (Å²) in [4.78, 5) is 9.81. The molecule has 0 aliphatic rings. The average Bonchev–Trinajstić information content (AvgIpc) is 2.03. The van der Waals surface area contributed by atoms with Gasteiger partial charge in [-0.25, -0.2) is 8.42 Å². The summed E-state index contributed by atoms with van der Waals surface area (Å²) in [5, 5.41) is 0. The molecule has 64 valence electrons. The Morgan fingerprint density at radius 1 is 1.15 bits per heavy atom. The van der Waals surface area contributed by atoms with Crippen LogP contribution >= 0.6 is 0 Å². The Morgan fingerprint density at radius 3 is 1.92 bits per heavy atom. The van der Waals surface area contributed by atoms with E-state index in [0.29, 0.717) is 11.8 Å². The molecule has 0 heterocycles. The van der Waals surface area contributed by atoms with E-state index in [1.54, 1.807) is 0 Å². The second-order valence-corrected chi connectivity index (χ2v) is 3.52. The predicted molar refractivity (Wildman–Crippen MR) is 39.8 cm³/mol. The van der Waals surface area contributed by atoms with Gasteiger partial charge in [-0.15, -0.1) is 0 Å². The molecule has 4 nitrogen and oxygen atoms in total. The molecule has 1 aromatic rings. The van der Waals surface area contributed by atoms with E-state index in [9.17, 15) is 17.8 Å². The second-order valence-electron chi connectivity index (χ2n) is 2.14. The molecule has 0 radical (unpaired) electrons. The van der Waals surface area contributed by atoms with Crippen LogP contribution in [0.4, 0.5) is 0 Å². The first kappa shape index (κ1) is 12.8. The first-order valence-electron chi connectivity index (χ1n) is 3.05. The SMILES string of the molecule is O=Cc1ccc(S(=O)(=O)[O-])cc1.[Na+]. The summed E-state index contributed by atoms with van der Waals surface area (Å²) >= 11 is 0. The molecule has 13 heavy (non-hydrogen) atoms. The minimum atomic E-state index is -4.39. The third-order valence-corrected chi connectivity index (χ3v) is 2.15. The van der Waals surface area contributed by atoms with Gasteiger partial charge in [0.05, 0.1) is 4.90 Å². The van der Waals surface area contributed by atoms with E-state index in [1.807, 2.05) is 0 Å². The number of carbonyl (C=O) groups excluding carboxylic acids is 1. The zero-order valence-electron chi connectivity index (χ0n) is 6.93. The van der Waals surface area contributed by atoms with Gasteiger partial charge in [-0.3, -0.25) is 4.79 Å². The maximum atomic E-state index is 10.4. The zero-order valence-corrected chi connectivity index (χ0v) is 9.74. The van der Waals surface area contributed by atoms with Gasteiger partial charge < -0.3 is 4.55 Å². The third kappa shape index (κ3) is 3.58. The zero-order chi connectivity index (χ0) is 9.19. The topological polar surface area (TPSA) is 74.3 Å². The quantitative estimate of drug-likeness (QED) is 0.303. The Morgan fingerprint density at radius 2 is 1.62 bits per heavy atom. The van der Waals surface area contributed by atoms with Crippen molar-refractivity contribution in [3.05, 3.63) is 29.8 Å². The predicted octanol–water partition coefficient (Wildman–Crippen LogP) is -2.59. The molecule has 0 amide bonds. The number of aldehydes is 1. The Labute approximate surface area is 98.0 Å². The number of benzene rings is 1. The fourth-order valence-corrected chi connectivity index (χ4v) is 1.18. The van der Waals surface area contributed by atoms with Gasteiger partial charge in [0, 0.05) is 5.56 Å². The molecule has 0 aliphatic heterocycles. The molecular weight excluding hydrogens is 203 g/mol. The van der Waals surface area contributed by atoms with Crippen molar-refractivity contribution >= 4 is 16.4 Å². The molecule has 1 rings (SSSR count). The van der Waals surface area contributed by atoms with Gasteiger partial charge in [0.2, 0.25) is 0 Å². The monoisotopic (exact) mass is 208 g/mol. The van der Waals surface area contributed by atoms with Crippen molar-refractivity contribution in [1.82, 2.24) is 0 Å². The van der Waals surface area contributed by atoms with E-state index in [2.05, 4.69) is 0 Å². The summed E-state index contributed by atoms with van der Waals surface area (Å²) in [5.74, 6) is 0. The molecule has 0 saturated heterocycles.